The van der Waals surface area contributed by atoms with Gasteiger partial charge in [-0.25, -0.2) is 0 Å². The molecule has 2 aliphatic rings. The first kappa shape index (κ1) is 21.8. The summed E-state index contributed by atoms with van der Waals surface area (Å²) in [6.45, 7) is 5.79. The fraction of sp³-hybridized carbons (Fsp3) is 0.650. The highest BCUT2D eigenvalue weighted by Crippen LogP contribution is 2.36. The van der Waals surface area contributed by atoms with Crippen LogP contribution in [-0.2, 0) is 10.2 Å². The second kappa shape index (κ2) is 10.8. The van der Waals surface area contributed by atoms with Gasteiger partial charge in [-0.3, -0.25) is 4.99 Å². The van der Waals surface area contributed by atoms with Crippen LogP contribution < -0.4 is 10.6 Å². The molecule has 2 aliphatic heterocycles. The fourth-order valence-electron chi connectivity index (χ4n) is 3.96. The lowest BCUT2D eigenvalue weighted by Gasteiger charge is -2.39. The molecule has 1 atom stereocenters. The van der Waals surface area contributed by atoms with Crippen molar-refractivity contribution in [2.75, 3.05) is 39.1 Å². The Kier molecular flexibility index (Phi) is 9.03. The topological polar surface area (TPSA) is 45.7 Å². The number of ether oxygens (including phenoxy) is 1. The predicted octanol–water partition coefficient (Wildman–Crippen LogP) is 3.72. The van der Waals surface area contributed by atoms with Crippen molar-refractivity contribution in [3.05, 3.63) is 35.4 Å². The number of thioether (sulfide) groups is 1. The van der Waals surface area contributed by atoms with Crippen LogP contribution in [0.25, 0.3) is 0 Å². The van der Waals surface area contributed by atoms with Crippen LogP contribution >= 0.6 is 35.7 Å². The Morgan fingerprint density at radius 2 is 2.04 bits per heavy atom. The minimum absolute atomic E-state index is 0. The molecule has 3 rings (SSSR count). The van der Waals surface area contributed by atoms with Crippen LogP contribution in [-0.4, -0.2) is 50.3 Å². The Morgan fingerprint density at radius 3 is 2.69 bits per heavy atom. The van der Waals surface area contributed by atoms with Crippen molar-refractivity contribution in [3.63, 3.8) is 0 Å². The molecule has 1 aromatic carbocycles. The van der Waals surface area contributed by atoms with Gasteiger partial charge in [0.15, 0.2) is 5.96 Å². The van der Waals surface area contributed by atoms with Crippen molar-refractivity contribution in [1.29, 1.82) is 0 Å². The molecular formula is C20H32IN3OS. The number of nitrogens with zero attached hydrogens (tertiary/aromatic N) is 1. The van der Waals surface area contributed by atoms with Gasteiger partial charge in [-0.2, -0.15) is 11.8 Å². The zero-order valence-corrected chi connectivity index (χ0v) is 19.1. The number of hydrogen-bond donors (Lipinski definition) is 2. The van der Waals surface area contributed by atoms with Crippen LogP contribution in [0.3, 0.4) is 0 Å². The van der Waals surface area contributed by atoms with Crippen molar-refractivity contribution in [3.8, 4) is 0 Å². The Labute approximate surface area is 179 Å². The van der Waals surface area contributed by atoms with Crippen LogP contribution in [0.1, 0.15) is 36.8 Å². The summed E-state index contributed by atoms with van der Waals surface area (Å²) in [5.41, 5.74) is 2.95. The maximum absolute atomic E-state index is 5.66. The molecule has 4 nitrogen and oxygen atoms in total. The Morgan fingerprint density at radius 1 is 1.27 bits per heavy atom. The number of aliphatic imine (C=N–C) groups is 1. The molecule has 0 saturated carbocycles. The monoisotopic (exact) mass is 489 g/mol. The Balaban J connectivity index is 0.00000243. The molecular weight excluding hydrogens is 457 g/mol. The maximum atomic E-state index is 5.66. The zero-order valence-electron chi connectivity index (χ0n) is 15.9. The highest BCUT2D eigenvalue weighted by atomic mass is 127. The van der Waals surface area contributed by atoms with Gasteiger partial charge in [0.2, 0.25) is 0 Å². The molecule has 0 spiro atoms. The average molecular weight is 489 g/mol. The largest absolute Gasteiger partial charge is 0.381 e. The molecule has 0 radical (unpaired) electrons. The first-order valence-corrected chi connectivity index (χ1v) is 10.5. The Hall–Kier alpha value is -0.470. The van der Waals surface area contributed by atoms with Gasteiger partial charge in [-0.15, -0.1) is 24.0 Å². The van der Waals surface area contributed by atoms with Crippen LogP contribution in [0.5, 0.6) is 0 Å². The number of guanidine groups is 1. The van der Waals surface area contributed by atoms with Gasteiger partial charge in [-0.05, 0) is 49.5 Å². The standard InChI is InChI=1S/C20H31N3OS.HI/c1-16-6-3-4-8-18(16)20(9-11-24-12-10-20)15-23-19(21-2)22-14-17-7-5-13-25-17;/h3-4,6,8,17H,5,7,9-15H2,1-2H3,(H2,21,22,23);1H. The SMILES string of the molecule is CN=C(NCC1CCCS1)NCC1(c2ccccc2C)CCOCC1.I. The number of hydrogen-bond acceptors (Lipinski definition) is 3. The van der Waals surface area contributed by atoms with Gasteiger partial charge in [0.05, 0.1) is 0 Å². The second-order valence-corrected chi connectivity index (χ2v) is 8.56. The van der Waals surface area contributed by atoms with Crippen molar-refractivity contribution in [1.82, 2.24) is 10.6 Å². The predicted molar refractivity (Wildman–Crippen MR) is 123 cm³/mol. The van der Waals surface area contributed by atoms with E-state index in [9.17, 15) is 0 Å². The first-order chi connectivity index (χ1) is 12.2. The summed E-state index contributed by atoms with van der Waals surface area (Å²) in [6, 6.07) is 8.79. The number of benzene rings is 1. The molecule has 0 aliphatic carbocycles. The van der Waals surface area contributed by atoms with Gasteiger partial charge in [0.25, 0.3) is 0 Å². The maximum Gasteiger partial charge on any atom is 0.191 e. The lowest BCUT2D eigenvalue weighted by Crippen LogP contribution is -2.49. The summed E-state index contributed by atoms with van der Waals surface area (Å²) in [5.74, 6) is 2.22. The zero-order chi connectivity index (χ0) is 17.5. The molecule has 0 aromatic heterocycles. The summed E-state index contributed by atoms with van der Waals surface area (Å²) in [6.07, 6.45) is 4.78. The normalized spacial score (nSPS) is 22.5. The van der Waals surface area contributed by atoms with E-state index in [1.165, 1.54) is 29.7 Å². The molecule has 2 N–H and O–H groups in total. The summed E-state index contributed by atoms with van der Waals surface area (Å²) in [7, 11) is 1.86. The summed E-state index contributed by atoms with van der Waals surface area (Å²) in [5, 5.41) is 7.85. The van der Waals surface area contributed by atoms with Crippen molar-refractivity contribution < 1.29 is 4.74 Å². The minimum Gasteiger partial charge on any atom is -0.381 e. The van der Waals surface area contributed by atoms with Crippen LogP contribution in [0.4, 0.5) is 0 Å². The minimum atomic E-state index is 0. The van der Waals surface area contributed by atoms with Crippen LogP contribution in [0.15, 0.2) is 29.3 Å². The highest BCUT2D eigenvalue weighted by molar-refractivity contribution is 14.0. The molecule has 1 aromatic rings. The summed E-state index contributed by atoms with van der Waals surface area (Å²) >= 11 is 2.08. The van der Waals surface area contributed by atoms with E-state index < -0.39 is 0 Å². The van der Waals surface area contributed by atoms with Gasteiger partial charge in [-0.1, -0.05) is 24.3 Å². The third-order valence-corrected chi connectivity index (χ3v) is 6.90. The quantitative estimate of drug-likeness (QED) is 0.376. The molecule has 2 saturated heterocycles. The lowest BCUT2D eigenvalue weighted by atomic mass is 9.72. The molecule has 6 heteroatoms. The van der Waals surface area contributed by atoms with Crippen molar-refractivity contribution >= 4 is 41.7 Å². The van der Waals surface area contributed by atoms with Gasteiger partial charge in [0.1, 0.15) is 0 Å². The van der Waals surface area contributed by atoms with Gasteiger partial charge in [0, 0.05) is 44.0 Å². The first-order valence-electron chi connectivity index (χ1n) is 9.43. The molecule has 0 bridgehead atoms. The van der Waals surface area contributed by atoms with E-state index >= 15 is 0 Å². The number of nitrogens with one attached hydrogen (secondary N) is 2. The van der Waals surface area contributed by atoms with E-state index in [2.05, 4.69) is 58.6 Å². The number of aryl methyl sites for hydroxylation is 1. The van der Waals surface area contributed by atoms with Crippen molar-refractivity contribution in [2.24, 2.45) is 4.99 Å². The van der Waals surface area contributed by atoms with E-state index in [1.807, 2.05) is 7.05 Å². The number of rotatable bonds is 5. The van der Waals surface area contributed by atoms with Crippen molar-refractivity contribution in [2.45, 2.75) is 43.3 Å². The van der Waals surface area contributed by atoms with Gasteiger partial charge >= 0.3 is 0 Å². The summed E-state index contributed by atoms with van der Waals surface area (Å²) in [4.78, 5) is 4.43. The Bertz CT molecular complexity index is 584. The van der Waals surface area contributed by atoms with E-state index in [4.69, 9.17) is 4.74 Å². The molecule has 26 heavy (non-hydrogen) atoms. The van der Waals surface area contributed by atoms with E-state index in [-0.39, 0.29) is 29.4 Å². The second-order valence-electron chi connectivity index (χ2n) is 7.15. The molecule has 2 heterocycles. The van der Waals surface area contributed by atoms with Crippen LogP contribution in [0.2, 0.25) is 0 Å². The molecule has 146 valence electrons. The van der Waals surface area contributed by atoms with E-state index in [0.717, 1.165) is 50.4 Å². The third-order valence-electron chi connectivity index (χ3n) is 5.51. The molecule has 0 amide bonds. The third kappa shape index (κ3) is 5.52. The molecule has 1 unspecified atom stereocenters. The smallest absolute Gasteiger partial charge is 0.191 e. The average Bonchev–Trinajstić information content (AvgIpc) is 3.16. The highest BCUT2D eigenvalue weighted by Gasteiger charge is 2.35. The van der Waals surface area contributed by atoms with E-state index in [0.29, 0.717) is 0 Å². The van der Waals surface area contributed by atoms with Crippen LogP contribution in [0, 0.1) is 6.92 Å². The lowest BCUT2D eigenvalue weighted by molar-refractivity contribution is 0.0512. The van der Waals surface area contributed by atoms with Gasteiger partial charge < -0.3 is 15.4 Å². The fourth-order valence-corrected chi connectivity index (χ4v) is 5.16. The molecule has 2 fully saturated rings. The van der Waals surface area contributed by atoms with E-state index in [1.54, 1.807) is 0 Å². The number of halogens is 1. The summed E-state index contributed by atoms with van der Waals surface area (Å²) < 4.78 is 5.66.